The SMILES string of the molecule is CCC(C)(C)OC(=O)OOC(=O)O. The average Bonchev–Trinajstić information content (AvgIpc) is 2.00. The minimum atomic E-state index is -1.70. The van der Waals surface area contributed by atoms with Gasteiger partial charge in [-0.1, -0.05) is 6.92 Å². The molecule has 13 heavy (non-hydrogen) atoms. The van der Waals surface area contributed by atoms with Gasteiger partial charge in [0.2, 0.25) is 0 Å². The molecule has 1 N–H and O–H groups in total. The summed E-state index contributed by atoms with van der Waals surface area (Å²) in [5, 5.41) is 7.96. The molecule has 0 aliphatic rings. The van der Waals surface area contributed by atoms with Crippen LogP contribution in [-0.4, -0.2) is 23.0 Å². The average molecular weight is 192 g/mol. The monoisotopic (exact) mass is 192 g/mol. The molecule has 0 bridgehead atoms. The fourth-order valence-electron chi connectivity index (χ4n) is 0.384. The summed E-state index contributed by atoms with van der Waals surface area (Å²) in [4.78, 5) is 27.8. The van der Waals surface area contributed by atoms with Gasteiger partial charge in [-0.25, -0.2) is 9.68 Å². The van der Waals surface area contributed by atoms with Crippen LogP contribution in [0.5, 0.6) is 0 Å². The molecule has 0 fully saturated rings. The second-order valence-corrected chi connectivity index (χ2v) is 2.90. The van der Waals surface area contributed by atoms with Crippen molar-refractivity contribution >= 4 is 12.3 Å². The highest BCUT2D eigenvalue weighted by atomic mass is 17.3. The van der Waals surface area contributed by atoms with Crippen LogP contribution in [0.1, 0.15) is 27.2 Å². The van der Waals surface area contributed by atoms with E-state index in [9.17, 15) is 9.59 Å². The Hall–Kier alpha value is -1.46. The molecule has 0 unspecified atom stereocenters. The second-order valence-electron chi connectivity index (χ2n) is 2.90. The topological polar surface area (TPSA) is 82.1 Å². The standard InChI is InChI=1S/C7H12O6/c1-4-7(2,3)11-6(10)13-12-5(8)9/h4H2,1-3H3,(H,8,9). The molecule has 0 heterocycles. The zero-order valence-electron chi connectivity index (χ0n) is 7.70. The number of carboxylic acid groups (broad SMARTS) is 1. The molecule has 0 radical (unpaired) electrons. The van der Waals surface area contributed by atoms with Crippen molar-refractivity contribution in [3.05, 3.63) is 0 Å². The zero-order valence-corrected chi connectivity index (χ0v) is 7.70. The van der Waals surface area contributed by atoms with Crippen LogP contribution in [0.3, 0.4) is 0 Å². The van der Waals surface area contributed by atoms with E-state index in [1.54, 1.807) is 13.8 Å². The molecular weight excluding hydrogens is 180 g/mol. The molecule has 0 atom stereocenters. The van der Waals surface area contributed by atoms with Gasteiger partial charge in [0.15, 0.2) is 0 Å². The lowest BCUT2D eigenvalue weighted by molar-refractivity contribution is -0.222. The van der Waals surface area contributed by atoms with Gasteiger partial charge in [-0.2, -0.15) is 9.68 Å². The first-order chi connectivity index (χ1) is 5.87. The molecule has 0 aliphatic carbocycles. The van der Waals surface area contributed by atoms with Gasteiger partial charge in [-0.3, -0.25) is 0 Å². The number of rotatable bonds is 2. The van der Waals surface area contributed by atoms with Crippen LogP contribution in [0.2, 0.25) is 0 Å². The van der Waals surface area contributed by atoms with Crippen LogP contribution in [0.4, 0.5) is 9.59 Å². The molecular formula is C7H12O6. The Bertz CT molecular complexity index is 197. The summed E-state index contributed by atoms with van der Waals surface area (Å²) in [5.74, 6) is 0. The molecule has 76 valence electrons. The molecule has 0 aromatic rings. The second kappa shape index (κ2) is 4.54. The van der Waals surface area contributed by atoms with Crippen molar-refractivity contribution in [3.63, 3.8) is 0 Å². The molecule has 0 aliphatic heterocycles. The maximum Gasteiger partial charge on any atom is 0.550 e. The van der Waals surface area contributed by atoms with Crippen molar-refractivity contribution in [1.82, 2.24) is 0 Å². The number of ether oxygens (including phenoxy) is 1. The molecule has 0 amide bonds. The van der Waals surface area contributed by atoms with Gasteiger partial charge >= 0.3 is 12.3 Å². The van der Waals surface area contributed by atoms with Crippen molar-refractivity contribution in [1.29, 1.82) is 0 Å². The fourth-order valence-corrected chi connectivity index (χ4v) is 0.384. The molecule has 0 saturated heterocycles. The third kappa shape index (κ3) is 5.77. The summed E-state index contributed by atoms with van der Waals surface area (Å²) in [5.41, 5.74) is -0.695. The lowest BCUT2D eigenvalue weighted by atomic mass is 10.1. The van der Waals surface area contributed by atoms with Crippen molar-refractivity contribution in [2.45, 2.75) is 32.8 Å². The molecule has 0 rings (SSSR count). The van der Waals surface area contributed by atoms with Crippen LogP contribution in [0.15, 0.2) is 0 Å². The number of carbonyl (C=O) groups excluding carboxylic acids is 1. The Morgan fingerprint density at radius 3 is 2.23 bits per heavy atom. The summed E-state index contributed by atoms with van der Waals surface area (Å²) < 4.78 is 4.69. The molecule has 6 nitrogen and oxygen atoms in total. The van der Waals surface area contributed by atoms with Gasteiger partial charge in [0.1, 0.15) is 5.60 Å². The van der Waals surface area contributed by atoms with Crippen LogP contribution < -0.4 is 0 Å². The summed E-state index contributed by atoms with van der Waals surface area (Å²) in [6, 6.07) is 0. The van der Waals surface area contributed by atoms with Crippen LogP contribution >= 0.6 is 0 Å². The maximum absolute atomic E-state index is 10.7. The van der Waals surface area contributed by atoms with Gasteiger partial charge in [0, 0.05) is 0 Å². The smallest absolute Gasteiger partial charge is 0.447 e. The van der Waals surface area contributed by atoms with Crippen molar-refractivity contribution < 1.29 is 29.2 Å². The van der Waals surface area contributed by atoms with Crippen molar-refractivity contribution in [2.75, 3.05) is 0 Å². The third-order valence-electron chi connectivity index (χ3n) is 1.39. The number of hydrogen-bond acceptors (Lipinski definition) is 5. The Morgan fingerprint density at radius 1 is 1.31 bits per heavy atom. The minimum absolute atomic E-state index is 0.579. The van der Waals surface area contributed by atoms with Gasteiger partial charge in [-0.05, 0) is 20.3 Å². The van der Waals surface area contributed by atoms with Crippen molar-refractivity contribution in [3.8, 4) is 0 Å². The number of hydrogen-bond donors (Lipinski definition) is 1. The first kappa shape index (κ1) is 11.5. The van der Waals surface area contributed by atoms with E-state index in [0.29, 0.717) is 6.42 Å². The van der Waals surface area contributed by atoms with Gasteiger partial charge in [-0.15, -0.1) is 0 Å². The predicted octanol–water partition coefficient (Wildman–Crippen LogP) is 1.94. The summed E-state index contributed by atoms with van der Waals surface area (Å²) >= 11 is 0. The predicted molar refractivity (Wildman–Crippen MR) is 41.0 cm³/mol. The van der Waals surface area contributed by atoms with E-state index in [-0.39, 0.29) is 0 Å². The van der Waals surface area contributed by atoms with E-state index in [4.69, 9.17) is 5.11 Å². The molecule has 0 aromatic heterocycles. The Morgan fingerprint density at radius 2 is 1.85 bits per heavy atom. The fraction of sp³-hybridized carbons (Fsp3) is 0.714. The first-order valence-electron chi connectivity index (χ1n) is 3.68. The van der Waals surface area contributed by atoms with E-state index in [1.165, 1.54) is 0 Å². The zero-order chi connectivity index (χ0) is 10.5. The highest BCUT2D eigenvalue weighted by Gasteiger charge is 2.22. The summed E-state index contributed by atoms with van der Waals surface area (Å²) in [6.07, 6.45) is -2.30. The highest BCUT2D eigenvalue weighted by molar-refractivity contribution is 5.62. The first-order valence-corrected chi connectivity index (χ1v) is 3.68. The quantitative estimate of drug-likeness (QED) is 0.409. The lowest BCUT2D eigenvalue weighted by Crippen LogP contribution is -2.27. The van der Waals surface area contributed by atoms with Gasteiger partial charge < -0.3 is 9.84 Å². The van der Waals surface area contributed by atoms with E-state index in [0.717, 1.165) is 0 Å². The maximum atomic E-state index is 10.7. The largest absolute Gasteiger partial charge is 0.550 e. The van der Waals surface area contributed by atoms with E-state index < -0.39 is 17.9 Å². The molecule has 0 spiro atoms. The van der Waals surface area contributed by atoms with Crippen LogP contribution in [-0.2, 0) is 14.5 Å². The Kier molecular flexibility index (Phi) is 4.03. The summed E-state index contributed by atoms with van der Waals surface area (Å²) in [7, 11) is 0. The molecule has 0 aromatic carbocycles. The van der Waals surface area contributed by atoms with Crippen molar-refractivity contribution in [2.24, 2.45) is 0 Å². The normalized spacial score (nSPS) is 10.4. The van der Waals surface area contributed by atoms with E-state index in [1.807, 2.05) is 6.92 Å². The molecule has 0 saturated carbocycles. The van der Waals surface area contributed by atoms with E-state index in [2.05, 4.69) is 14.5 Å². The van der Waals surface area contributed by atoms with Gasteiger partial charge in [0.25, 0.3) is 0 Å². The molecule has 6 heteroatoms. The third-order valence-corrected chi connectivity index (χ3v) is 1.39. The van der Waals surface area contributed by atoms with Gasteiger partial charge in [0.05, 0.1) is 0 Å². The highest BCUT2D eigenvalue weighted by Crippen LogP contribution is 2.14. The van der Waals surface area contributed by atoms with Crippen LogP contribution in [0.25, 0.3) is 0 Å². The summed E-state index contributed by atoms with van der Waals surface area (Å²) in [6.45, 7) is 5.13. The van der Waals surface area contributed by atoms with E-state index >= 15 is 0 Å². The lowest BCUT2D eigenvalue weighted by Gasteiger charge is -2.21. The van der Waals surface area contributed by atoms with Crippen LogP contribution in [0, 0.1) is 0 Å². The number of carbonyl (C=O) groups is 2. The minimum Gasteiger partial charge on any atom is -0.447 e. The Balaban J connectivity index is 3.81. The Labute approximate surface area is 75.3 Å².